The second-order valence-corrected chi connectivity index (χ2v) is 12.3. The lowest BCUT2D eigenvalue weighted by Crippen LogP contribution is -2.59. The second-order valence-electron chi connectivity index (χ2n) is 10.6. The van der Waals surface area contributed by atoms with Gasteiger partial charge in [-0.05, 0) is 55.7 Å². The Hall–Kier alpha value is -3.56. The maximum Gasteiger partial charge on any atom is 0.244 e. The van der Waals surface area contributed by atoms with Gasteiger partial charge in [-0.25, -0.2) is 12.8 Å². The molecule has 2 heterocycles. The number of carbonyl (C=O) groups is 1. The first-order valence-electron chi connectivity index (χ1n) is 13.3. The molecule has 1 fully saturated rings. The SMILES string of the molecule is CC(Cc1c[nH]c2ccccc12)(NS(=O)(=O)c1ccccc1F)C(=O)NCC1(c2ccccn2)CCCCC1. The van der Waals surface area contributed by atoms with Gasteiger partial charge in [-0.1, -0.05) is 55.7 Å². The lowest BCUT2D eigenvalue weighted by molar-refractivity contribution is -0.126. The maximum atomic E-state index is 14.5. The number of para-hydroxylation sites is 1. The number of hydrogen-bond acceptors (Lipinski definition) is 4. The molecule has 7 nitrogen and oxygen atoms in total. The van der Waals surface area contributed by atoms with Crippen molar-refractivity contribution in [3.63, 3.8) is 0 Å². The Bertz CT molecular complexity index is 1570. The number of nitrogens with one attached hydrogen (secondary N) is 3. The fourth-order valence-electron chi connectivity index (χ4n) is 5.71. The Morgan fingerprint density at radius 3 is 2.49 bits per heavy atom. The van der Waals surface area contributed by atoms with Crippen LogP contribution in [0.15, 0.2) is 84.0 Å². The molecule has 3 N–H and O–H groups in total. The molecular formula is C30H33FN4O3S. The number of benzene rings is 2. The number of fused-ring (bicyclic) bond motifs is 1. The van der Waals surface area contributed by atoms with E-state index in [9.17, 15) is 17.6 Å². The Morgan fingerprint density at radius 1 is 1.03 bits per heavy atom. The molecule has 1 atom stereocenters. The van der Waals surface area contributed by atoms with E-state index < -0.39 is 32.2 Å². The quantitative estimate of drug-likeness (QED) is 0.274. The summed E-state index contributed by atoms with van der Waals surface area (Å²) in [6.45, 7) is 1.88. The topological polar surface area (TPSA) is 104 Å². The molecule has 2 aromatic heterocycles. The van der Waals surface area contributed by atoms with E-state index in [2.05, 4.69) is 20.0 Å². The Balaban J connectivity index is 1.48. The number of rotatable bonds is 9. The Labute approximate surface area is 228 Å². The van der Waals surface area contributed by atoms with Crippen LogP contribution in [0.1, 0.15) is 50.3 Å². The summed E-state index contributed by atoms with van der Waals surface area (Å²) in [6, 6.07) is 18.6. The van der Waals surface area contributed by atoms with Crippen LogP contribution in [0.3, 0.4) is 0 Å². The third-order valence-corrected chi connectivity index (χ3v) is 9.44. The molecular weight excluding hydrogens is 515 g/mol. The van der Waals surface area contributed by atoms with Crippen molar-refractivity contribution in [2.45, 2.75) is 61.3 Å². The van der Waals surface area contributed by atoms with Gasteiger partial charge in [-0.3, -0.25) is 9.78 Å². The highest BCUT2D eigenvalue weighted by Gasteiger charge is 2.42. The van der Waals surface area contributed by atoms with Crippen LogP contribution in [0.2, 0.25) is 0 Å². The van der Waals surface area contributed by atoms with Crippen LogP contribution in [0.25, 0.3) is 10.9 Å². The van der Waals surface area contributed by atoms with Gasteiger partial charge in [0.2, 0.25) is 15.9 Å². The number of halogens is 1. The fourth-order valence-corrected chi connectivity index (χ4v) is 7.16. The molecule has 1 saturated carbocycles. The molecule has 0 saturated heterocycles. The van der Waals surface area contributed by atoms with Crippen LogP contribution in [0.5, 0.6) is 0 Å². The number of hydrogen-bond donors (Lipinski definition) is 3. The van der Waals surface area contributed by atoms with E-state index in [1.54, 1.807) is 19.3 Å². The van der Waals surface area contributed by atoms with Crippen LogP contribution in [-0.2, 0) is 26.7 Å². The summed E-state index contributed by atoms with van der Waals surface area (Å²) in [5, 5.41) is 3.96. The smallest absolute Gasteiger partial charge is 0.244 e. The fraction of sp³-hybridized carbons (Fsp3) is 0.333. The summed E-state index contributed by atoms with van der Waals surface area (Å²) in [5.41, 5.74) is 0.642. The van der Waals surface area contributed by atoms with Crippen LogP contribution < -0.4 is 10.0 Å². The first-order valence-corrected chi connectivity index (χ1v) is 14.7. The molecule has 39 heavy (non-hydrogen) atoms. The predicted octanol–water partition coefficient (Wildman–Crippen LogP) is 5.00. The number of sulfonamides is 1. The molecule has 1 aliphatic rings. The minimum Gasteiger partial charge on any atom is -0.361 e. The number of nitrogens with zero attached hydrogens (tertiary/aromatic N) is 1. The Kier molecular flexibility index (Phi) is 7.55. The van der Waals surface area contributed by atoms with Gasteiger partial charge >= 0.3 is 0 Å². The van der Waals surface area contributed by atoms with Gasteiger partial charge in [-0.15, -0.1) is 0 Å². The first-order chi connectivity index (χ1) is 18.7. The number of carbonyl (C=O) groups excluding carboxylic acids is 1. The van der Waals surface area contributed by atoms with Crippen molar-refractivity contribution in [3.8, 4) is 0 Å². The lowest BCUT2D eigenvalue weighted by atomic mass is 9.71. The van der Waals surface area contributed by atoms with Crippen molar-refractivity contribution in [2.24, 2.45) is 0 Å². The molecule has 204 valence electrons. The van der Waals surface area contributed by atoms with Gasteiger partial charge in [0.15, 0.2) is 0 Å². The van der Waals surface area contributed by atoms with Crippen molar-refractivity contribution >= 4 is 26.8 Å². The average molecular weight is 549 g/mol. The Morgan fingerprint density at radius 2 is 1.74 bits per heavy atom. The number of aromatic amines is 1. The van der Waals surface area contributed by atoms with Crippen molar-refractivity contribution in [1.82, 2.24) is 20.0 Å². The van der Waals surface area contributed by atoms with Crippen LogP contribution in [-0.4, -0.2) is 36.4 Å². The number of aromatic nitrogens is 2. The summed E-state index contributed by atoms with van der Waals surface area (Å²) in [4.78, 5) is 21.3. The summed E-state index contributed by atoms with van der Waals surface area (Å²) < 4.78 is 43.9. The van der Waals surface area contributed by atoms with E-state index >= 15 is 0 Å². The van der Waals surface area contributed by atoms with Gasteiger partial charge < -0.3 is 10.3 Å². The van der Waals surface area contributed by atoms with Crippen molar-refractivity contribution in [2.75, 3.05) is 6.54 Å². The summed E-state index contributed by atoms with van der Waals surface area (Å²) in [7, 11) is -4.37. The van der Waals surface area contributed by atoms with Gasteiger partial charge in [0.1, 0.15) is 16.3 Å². The molecule has 0 aliphatic heterocycles. The highest BCUT2D eigenvalue weighted by Crippen LogP contribution is 2.38. The van der Waals surface area contributed by atoms with Gasteiger partial charge in [-0.2, -0.15) is 4.72 Å². The summed E-state index contributed by atoms with van der Waals surface area (Å²) in [6.07, 6.45) is 8.55. The number of pyridine rings is 1. The highest BCUT2D eigenvalue weighted by atomic mass is 32.2. The normalized spacial score (nSPS) is 17.0. The van der Waals surface area contributed by atoms with Gasteiger partial charge in [0.25, 0.3) is 0 Å². The second kappa shape index (κ2) is 10.9. The standard InChI is InChI=1S/C30H33FN4O3S/c1-29(19-22-20-33-25-13-5-3-11-23(22)25,35-39(37,38)26-14-6-4-12-24(26)31)28(36)34-21-30(16-8-2-9-17-30)27-15-7-10-18-32-27/h3-7,10-15,18,20,33,35H,2,8-9,16-17,19,21H2,1H3,(H,34,36). The van der Waals surface area contributed by atoms with Crippen LogP contribution in [0, 0.1) is 5.82 Å². The van der Waals surface area contributed by atoms with E-state index in [1.165, 1.54) is 18.2 Å². The van der Waals surface area contributed by atoms with Crippen molar-refractivity contribution in [3.05, 3.63) is 96.2 Å². The predicted molar refractivity (Wildman–Crippen MR) is 149 cm³/mol. The highest BCUT2D eigenvalue weighted by molar-refractivity contribution is 7.89. The number of amides is 1. The molecule has 1 amide bonds. The van der Waals surface area contributed by atoms with Crippen molar-refractivity contribution in [1.29, 1.82) is 0 Å². The minimum absolute atomic E-state index is 0.0626. The third-order valence-electron chi connectivity index (χ3n) is 7.81. The van der Waals surface area contributed by atoms with Gasteiger partial charge in [0.05, 0.1) is 0 Å². The first kappa shape index (κ1) is 27.0. The van der Waals surface area contributed by atoms with Crippen molar-refractivity contribution < 1.29 is 17.6 Å². The molecule has 5 rings (SSSR count). The third kappa shape index (κ3) is 5.60. The zero-order chi connectivity index (χ0) is 27.5. The van der Waals surface area contributed by atoms with E-state index in [1.807, 2.05) is 42.5 Å². The molecule has 1 aliphatic carbocycles. The molecule has 1 unspecified atom stereocenters. The van der Waals surface area contributed by atoms with E-state index in [0.717, 1.165) is 60.3 Å². The summed E-state index contributed by atoms with van der Waals surface area (Å²) in [5.74, 6) is -1.36. The molecule has 4 aromatic rings. The number of H-pyrrole nitrogens is 1. The van der Waals surface area contributed by atoms with E-state index in [4.69, 9.17) is 0 Å². The maximum absolute atomic E-state index is 14.5. The zero-order valence-corrected chi connectivity index (χ0v) is 22.7. The van der Waals surface area contributed by atoms with Crippen LogP contribution >= 0.6 is 0 Å². The lowest BCUT2D eigenvalue weighted by Gasteiger charge is -2.38. The summed E-state index contributed by atoms with van der Waals surface area (Å²) >= 11 is 0. The molecule has 0 radical (unpaired) electrons. The molecule has 0 bridgehead atoms. The van der Waals surface area contributed by atoms with E-state index in [-0.39, 0.29) is 11.8 Å². The van der Waals surface area contributed by atoms with Gasteiger partial charge in [0, 0.05) is 47.4 Å². The zero-order valence-electron chi connectivity index (χ0n) is 21.9. The van der Waals surface area contributed by atoms with E-state index in [0.29, 0.717) is 6.54 Å². The monoisotopic (exact) mass is 548 g/mol. The molecule has 9 heteroatoms. The molecule has 0 spiro atoms. The van der Waals surface area contributed by atoms with Crippen LogP contribution in [0.4, 0.5) is 4.39 Å². The molecule has 2 aromatic carbocycles. The average Bonchev–Trinajstić information content (AvgIpc) is 3.35. The minimum atomic E-state index is -4.37. The largest absolute Gasteiger partial charge is 0.361 e.